The van der Waals surface area contributed by atoms with Crippen LogP contribution in [0.1, 0.15) is 20.8 Å². The Morgan fingerprint density at radius 3 is 2.50 bits per heavy atom. The number of hydrogen-bond acceptors (Lipinski definition) is 3. The Hall–Kier alpha value is -1.30. The maximum absolute atomic E-state index is 13.5. The predicted molar refractivity (Wildman–Crippen MR) is 63.5 cm³/mol. The zero-order valence-electron chi connectivity index (χ0n) is 10.3. The smallest absolute Gasteiger partial charge is 0.324 e. The van der Waals surface area contributed by atoms with Gasteiger partial charge in [-0.15, -0.1) is 0 Å². The van der Waals surface area contributed by atoms with Gasteiger partial charge in [-0.2, -0.15) is 0 Å². The van der Waals surface area contributed by atoms with Crippen LogP contribution in [0, 0.1) is 11.6 Å². The molecule has 1 atom stereocenters. The quantitative estimate of drug-likeness (QED) is 0.793. The van der Waals surface area contributed by atoms with Crippen LogP contribution in [0.2, 0.25) is 0 Å². The minimum atomic E-state index is -1.96. The first-order chi connectivity index (χ1) is 8.30. The van der Waals surface area contributed by atoms with E-state index in [1.54, 1.807) is 6.92 Å². The van der Waals surface area contributed by atoms with E-state index >= 15 is 0 Å². The highest BCUT2D eigenvalue weighted by Crippen LogP contribution is 2.25. The molecule has 1 aromatic carbocycles. The number of benzene rings is 1. The highest BCUT2D eigenvalue weighted by Gasteiger charge is 2.38. The lowest BCUT2D eigenvalue weighted by Gasteiger charge is -2.21. The second-order valence-electron chi connectivity index (χ2n) is 4.07. The zero-order valence-corrected chi connectivity index (χ0v) is 11.1. The zero-order chi connectivity index (χ0) is 13.9. The van der Waals surface area contributed by atoms with Crippen molar-refractivity contribution in [1.82, 2.24) is 0 Å². The van der Waals surface area contributed by atoms with Gasteiger partial charge in [-0.05, 0) is 32.9 Å². The number of esters is 1. The molecule has 0 N–H and O–H groups in total. The number of carbonyl (C=O) groups is 1. The third-order valence-electron chi connectivity index (χ3n) is 2.32. The van der Waals surface area contributed by atoms with E-state index < -0.39 is 33.2 Å². The van der Waals surface area contributed by atoms with Crippen LogP contribution in [0.4, 0.5) is 8.78 Å². The van der Waals surface area contributed by atoms with Gasteiger partial charge in [0.15, 0.2) is 0 Å². The molecule has 1 rings (SSSR count). The van der Waals surface area contributed by atoms with Gasteiger partial charge in [0.2, 0.25) is 0 Å². The predicted octanol–water partition coefficient (Wildman–Crippen LogP) is 2.41. The first kappa shape index (κ1) is 14.8. The van der Waals surface area contributed by atoms with Crippen LogP contribution in [0.15, 0.2) is 23.1 Å². The van der Waals surface area contributed by atoms with E-state index in [0.717, 1.165) is 12.1 Å². The molecule has 0 aliphatic rings. The summed E-state index contributed by atoms with van der Waals surface area (Å²) in [6, 6.07) is 2.70. The van der Waals surface area contributed by atoms with Crippen molar-refractivity contribution in [1.29, 1.82) is 0 Å². The molecule has 1 unspecified atom stereocenters. The van der Waals surface area contributed by atoms with Gasteiger partial charge in [0, 0.05) is 6.07 Å². The molecule has 0 spiro atoms. The second kappa shape index (κ2) is 5.56. The first-order valence-electron chi connectivity index (χ1n) is 5.34. The summed E-state index contributed by atoms with van der Waals surface area (Å²) in [7, 11) is -1.96. The number of ether oxygens (including phenoxy) is 1. The molecule has 18 heavy (non-hydrogen) atoms. The number of carbonyl (C=O) groups excluding carboxylic acids is 1. The van der Waals surface area contributed by atoms with Gasteiger partial charge < -0.3 is 4.74 Å². The fourth-order valence-electron chi connectivity index (χ4n) is 1.28. The van der Waals surface area contributed by atoms with E-state index in [1.165, 1.54) is 13.8 Å². The molecule has 0 aromatic heterocycles. The molecular formula is C12H14F2O3S. The first-order valence-corrected chi connectivity index (χ1v) is 6.49. The molecule has 0 amide bonds. The molecular weight excluding hydrogens is 262 g/mol. The summed E-state index contributed by atoms with van der Waals surface area (Å²) in [6.45, 7) is 4.55. The molecule has 6 heteroatoms. The van der Waals surface area contributed by atoms with Gasteiger partial charge in [0.1, 0.15) is 16.4 Å². The molecule has 0 bridgehead atoms. The Labute approximate surface area is 107 Å². The van der Waals surface area contributed by atoms with Crippen LogP contribution in [0.5, 0.6) is 0 Å². The van der Waals surface area contributed by atoms with Crippen molar-refractivity contribution in [2.75, 3.05) is 6.61 Å². The van der Waals surface area contributed by atoms with Crippen molar-refractivity contribution in [2.45, 2.75) is 30.4 Å². The highest BCUT2D eigenvalue weighted by atomic mass is 32.2. The molecule has 3 nitrogen and oxygen atoms in total. The Bertz CT molecular complexity index is 486. The lowest BCUT2D eigenvalue weighted by molar-refractivity contribution is -0.145. The van der Waals surface area contributed by atoms with Crippen LogP contribution >= 0.6 is 0 Å². The SMILES string of the molecule is CCOC(=O)C(C)(C)S(=O)c1ccc(F)cc1F. The Kier molecular flexibility index (Phi) is 4.56. The topological polar surface area (TPSA) is 43.4 Å². The van der Waals surface area contributed by atoms with E-state index in [-0.39, 0.29) is 11.5 Å². The van der Waals surface area contributed by atoms with Gasteiger partial charge >= 0.3 is 5.97 Å². The molecule has 0 radical (unpaired) electrons. The van der Waals surface area contributed by atoms with E-state index in [9.17, 15) is 17.8 Å². The highest BCUT2D eigenvalue weighted by molar-refractivity contribution is 7.87. The summed E-state index contributed by atoms with van der Waals surface area (Å²) < 4.78 is 41.8. The van der Waals surface area contributed by atoms with E-state index in [2.05, 4.69) is 0 Å². The lowest BCUT2D eigenvalue weighted by Crippen LogP contribution is -2.38. The maximum atomic E-state index is 13.5. The second-order valence-corrected chi connectivity index (χ2v) is 6.07. The summed E-state index contributed by atoms with van der Waals surface area (Å²) >= 11 is 0. The molecule has 0 aliphatic heterocycles. The van der Waals surface area contributed by atoms with Crippen molar-refractivity contribution < 1.29 is 22.5 Å². The summed E-state index contributed by atoms with van der Waals surface area (Å²) in [5, 5.41) is 0. The maximum Gasteiger partial charge on any atom is 0.324 e. The third-order valence-corrected chi connectivity index (χ3v) is 4.15. The van der Waals surface area contributed by atoms with Crippen LogP contribution in [-0.4, -0.2) is 21.5 Å². The summed E-state index contributed by atoms with van der Waals surface area (Å²) in [5.41, 5.74) is 0. The van der Waals surface area contributed by atoms with Crippen LogP contribution in [0.3, 0.4) is 0 Å². The van der Waals surface area contributed by atoms with Gasteiger partial charge in [0.25, 0.3) is 0 Å². The molecule has 0 aliphatic carbocycles. The van der Waals surface area contributed by atoms with Gasteiger partial charge in [-0.3, -0.25) is 9.00 Å². The van der Waals surface area contributed by atoms with Crippen LogP contribution < -0.4 is 0 Å². The molecule has 0 saturated carbocycles. The molecule has 100 valence electrons. The largest absolute Gasteiger partial charge is 0.465 e. The molecule has 0 heterocycles. The lowest BCUT2D eigenvalue weighted by atomic mass is 10.2. The van der Waals surface area contributed by atoms with Crippen molar-refractivity contribution in [3.05, 3.63) is 29.8 Å². The Morgan fingerprint density at radius 1 is 1.39 bits per heavy atom. The average molecular weight is 276 g/mol. The molecule has 1 aromatic rings. The monoisotopic (exact) mass is 276 g/mol. The fraction of sp³-hybridized carbons (Fsp3) is 0.417. The third kappa shape index (κ3) is 2.93. The van der Waals surface area contributed by atoms with Gasteiger partial charge in [-0.1, -0.05) is 0 Å². The van der Waals surface area contributed by atoms with Crippen LogP contribution in [0.25, 0.3) is 0 Å². The minimum absolute atomic E-state index is 0.144. The van der Waals surface area contributed by atoms with Crippen molar-refractivity contribution in [2.24, 2.45) is 0 Å². The normalized spacial score (nSPS) is 13.2. The fourth-order valence-corrected chi connectivity index (χ4v) is 2.47. The van der Waals surface area contributed by atoms with E-state index in [0.29, 0.717) is 6.07 Å². The molecule has 0 saturated heterocycles. The van der Waals surface area contributed by atoms with Crippen LogP contribution in [-0.2, 0) is 20.3 Å². The Balaban J connectivity index is 3.09. The summed E-state index contributed by atoms with van der Waals surface area (Å²) in [4.78, 5) is 11.4. The summed E-state index contributed by atoms with van der Waals surface area (Å²) in [5.74, 6) is -2.39. The minimum Gasteiger partial charge on any atom is -0.465 e. The van der Waals surface area contributed by atoms with Gasteiger partial charge in [-0.25, -0.2) is 8.78 Å². The van der Waals surface area contributed by atoms with E-state index in [1.807, 2.05) is 0 Å². The number of hydrogen-bond donors (Lipinski definition) is 0. The number of rotatable bonds is 4. The summed E-state index contributed by atoms with van der Waals surface area (Å²) in [6.07, 6.45) is 0. The Morgan fingerprint density at radius 2 is 2.00 bits per heavy atom. The standard InChI is InChI=1S/C12H14F2O3S/c1-4-17-11(15)12(2,3)18(16)10-6-5-8(13)7-9(10)14/h5-7H,4H2,1-3H3. The van der Waals surface area contributed by atoms with Crippen molar-refractivity contribution in [3.8, 4) is 0 Å². The van der Waals surface area contributed by atoms with Gasteiger partial charge in [0.05, 0.1) is 22.3 Å². The average Bonchev–Trinajstić information content (AvgIpc) is 2.28. The molecule has 0 fully saturated rings. The van der Waals surface area contributed by atoms with Crippen molar-refractivity contribution in [3.63, 3.8) is 0 Å². The number of halogens is 2. The van der Waals surface area contributed by atoms with Crippen molar-refractivity contribution >= 4 is 16.8 Å². The van der Waals surface area contributed by atoms with E-state index in [4.69, 9.17) is 4.74 Å².